The monoisotopic (exact) mass is 216 g/mol. The lowest BCUT2D eigenvalue weighted by molar-refractivity contribution is 0.573. The maximum absolute atomic E-state index is 2.28. The molecule has 0 saturated carbocycles. The Balaban J connectivity index is 2.78. The average molecular weight is 216 g/mol. The molecule has 0 rings (SSSR count). The number of hydrogen-bond acceptors (Lipinski definition) is 1. The summed E-state index contributed by atoms with van der Waals surface area (Å²) in [6, 6.07) is 0. The molecule has 0 aliphatic rings. The fraction of sp³-hybridized carbons (Fsp3) is 1.00. The lowest BCUT2D eigenvalue weighted by Crippen LogP contribution is -1.83. The third kappa shape index (κ3) is 12.3. The highest BCUT2D eigenvalue weighted by molar-refractivity contribution is 7.99. The predicted octanol–water partition coefficient (Wildman–Crippen LogP) is 5.27. The highest BCUT2D eigenvalue weighted by atomic mass is 32.2. The summed E-state index contributed by atoms with van der Waals surface area (Å²) in [5.41, 5.74) is 0. The van der Waals surface area contributed by atoms with Crippen LogP contribution in [-0.2, 0) is 0 Å². The summed E-state index contributed by atoms with van der Waals surface area (Å²) in [6.45, 7) is 4.53. The molecule has 0 heterocycles. The van der Waals surface area contributed by atoms with Crippen molar-refractivity contribution in [2.75, 3.05) is 11.5 Å². The molecule has 0 fully saturated rings. The molecule has 0 bridgehead atoms. The standard InChI is InChI=1S/C13H28S/c1-3-5-6-7-8-9-10-11-12-13-14-4-2/h3-13H2,1-2H3. The second kappa shape index (κ2) is 13.4. The largest absolute Gasteiger partial charge is 0.162 e. The van der Waals surface area contributed by atoms with Gasteiger partial charge in [-0.15, -0.1) is 0 Å². The minimum absolute atomic E-state index is 1.29. The van der Waals surface area contributed by atoms with E-state index in [9.17, 15) is 0 Å². The number of thioether (sulfide) groups is 1. The SMILES string of the molecule is CCCCCCCCCCCSCC. The van der Waals surface area contributed by atoms with Crippen LogP contribution in [0.4, 0.5) is 0 Å². The van der Waals surface area contributed by atoms with Crippen molar-refractivity contribution >= 4 is 11.8 Å². The molecule has 0 aromatic carbocycles. The number of rotatable bonds is 11. The Morgan fingerprint density at radius 2 is 1.14 bits per heavy atom. The molecule has 0 aromatic heterocycles. The van der Waals surface area contributed by atoms with Crippen LogP contribution in [0.25, 0.3) is 0 Å². The van der Waals surface area contributed by atoms with Gasteiger partial charge in [0.15, 0.2) is 0 Å². The minimum atomic E-state index is 1.29. The highest BCUT2D eigenvalue weighted by Crippen LogP contribution is 2.11. The van der Waals surface area contributed by atoms with E-state index in [4.69, 9.17) is 0 Å². The van der Waals surface area contributed by atoms with Crippen LogP contribution in [0.3, 0.4) is 0 Å². The Kier molecular flexibility index (Phi) is 13.7. The van der Waals surface area contributed by atoms with Crippen molar-refractivity contribution in [2.24, 2.45) is 0 Å². The fourth-order valence-electron chi connectivity index (χ4n) is 1.66. The zero-order valence-electron chi connectivity index (χ0n) is 10.2. The van der Waals surface area contributed by atoms with Gasteiger partial charge in [-0.05, 0) is 17.9 Å². The van der Waals surface area contributed by atoms with Crippen molar-refractivity contribution in [1.82, 2.24) is 0 Å². The molecule has 14 heavy (non-hydrogen) atoms. The van der Waals surface area contributed by atoms with E-state index in [-0.39, 0.29) is 0 Å². The molecule has 0 atom stereocenters. The van der Waals surface area contributed by atoms with E-state index in [1.54, 1.807) is 0 Å². The molecule has 1 heteroatoms. The highest BCUT2D eigenvalue weighted by Gasteiger charge is 1.91. The van der Waals surface area contributed by atoms with Crippen molar-refractivity contribution in [3.63, 3.8) is 0 Å². The van der Waals surface area contributed by atoms with Gasteiger partial charge < -0.3 is 0 Å². The van der Waals surface area contributed by atoms with E-state index in [0.29, 0.717) is 0 Å². The van der Waals surface area contributed by atoms with Gasteiger partial charge in [-0.3, -0.25) is 0 Å². The molecule has 0 unspecified atom stereocenters. The van der Waals surface area contributed by atoms with Gasteiger partial charge >= 0.3 is 0 Å². The van der Waals surface area contributed by atoms with E-state index in [0.717, 1.165) is 0 Å². The Morgan fingerprint density at radius 3 is 1.64 bits per heavy atom. The molecule has 86 valence electrons. The zero-order valence-corrected chi connectivity index (χ0v) is 11.0. The van der Waals surface area contributed by atoms with Crippen molar-refractivity contribution in [1.29, 1.82) is 0 Å². The second-order valence-corrected chi connectivity index (χ2v) is 5.42. The van der Waals surface area contributed by atoms with Gasteiger partial charge in [0.1, 0.15) is 0 Å². The van der Waals surface area contributed by atoms with Gasteiger partial charge in [0, 0.05) is 0 Å². The molecule has 0 aromatic rings. The Morgan fingerprint density at radius 1 is 0.643 bits per heavy atom. The molecule has 0 N–H and O–H groups in total. The topological polar surface area (TPSA) is 0 Å². The van der Waals surface area contributed by atoms with Gasteiger partial charge in [-0.25, -0.2) is 0 Å². The summed E-state index contributed by atoms with van der Waals surface area (Å²) in [4.78, 5) is 0. The maximum Gasteiger partial charge on any atom is -0.00676 e. The first-order chi connectivity index (χ1) is 6.91. The predicted molar refractivity (Wildman–Crippen MR) is 70.2 cm³/mol. The molecule has 0 nitrogen and oxygen atoms in total. The molecular formula is C13H28S. The fourth-order valence-corrected chi connectivity index (χ4v) is 2.36. The first kappa shape index (κ1) is 14.3. The summed E-state index contributed by atoms with van der Waals surface area (Å²) < 4.78 is 0. The molecule has 0 aliphatic carbocycles. The van der Waals surface area contributed by atoms with Crippen LogP contribution in [-0.4, -0.2) is 11.5 Å². The minimum Gasteiger partial charge on any atom is -0.162 e. The quantitative estimate of drug-likeness (QED) is 0.424. The van der Waals surface area contributed by atoms with E-state index < -0.39 is 0 Å². The Labute approximate surface area is 95.2 Å². The summed E-state index contributed by atoms with van der Waals surface area (Å²) in [7, 11) is 0. The van der Waals surface area contributed by atoms with Gasteiger partial charge in [0.05, 0.1) is 0 Å². The van der Waals surface area contributed by atoms with Crippen molar-refractivity contribution in [2.45, 2.75) is 71.6 Å². The van der Waals surface area contributed by atoms with E-state index in [1.165, 1.54) is 69.3 Å². The molecule has 0 saturated heterocycles. The van der Waals surface area contributed by atoms with Crippen LogP contribution >= 0.6 is 11.8 Å². The van der Waals surface area contributed by atoms with Crippen molar-refractivity contribution in [3.05, 3.63) is 0 Å². The summed E-state index contributed by atoms with van der Waals surface area (Å²) in [5, 5.41) is 0. The third-order valence-electron chi connectivity index (χ3n) is 2.60. The van der Waals surface area contributed by atoms with Crippen LogP contribution in [0.15, 0.2) is 0 Å². The molecular weight excluding hydrogens is 188 g/mol. The van der Waals surface area contributed by atoms with Crippen LogP contribution in [0.2, 0.25) is 0 Å². The maximum atomic E-state index is 2.28. The summed E-state index contributed by atoms with van der Waals surface area (Å²) >= 11 is 2.08. The van der Waals surface area contributed by atoms with E-state index in [2.05, 4.69) is 25.6 Å². The van der Waals surface area contributed by atoms with Gasteiger partial charge in [-0.1, -0.05) is 65.2 Å². The number of hydrogen-bond donors (Lipinski definition) is 0. The Hall–Kier alpha value is 0.350. The van der Waals surface area contributed by atoms with Gasteiger partial charge in [-0.2, -0.15) is 11.8 Å². The normalized spacial score (nSPS) is 10.7. The third-order valence-corrected chi connectivity index (χ3v) is 3.58. The molecule has 0 radical (unpaired) electrons. The van der Waals surface area contributed by atoms with Gasteiger partial charge in [0.25, 0.3) is 0 Å². The van der Waals surface area contributed by atoms with Gasteiger partial charge in [0.2, 0.25) is 0 Å². The first-order valence-corrected chi connectivity index (χ1v) is 7.65. The second-order valence-electron chi connectivity index (χ2n) is 4.03. The van der Waals surface area contributed by atoms with Crippen LogP contribution in [0.5, 0.6) is 0 Å². The summed E-state index contributed by atoms with van der Waals surface area (Å²) in [6.07, 6.45) is 13.0. The first-order valence-electron chi connectivity index (χ1n) is 6.49. The lowest BCUT2D eigenvalue weighted by atomic mass is 10.1. The smallest absolute Gasteiger partial charge is 0.00676 e. The molecule has 0 amide bonds. The van der Waals surface area contributed by atoms with E-state index in [1.807, 2.05) is 0 Å². The van der Waals surface area contributed by atoms with Crippen LogP contribution in [0.1, 0.15) is 71.6 Å². The average Bonchev–Trinajstić information content (AvgIpc) is 2.21. The van der Waals surface area contributed by atoms with Crippen LogP contribution < -0.4 is 0 Å². The Bertz CT molecular complexity index is 79.2. The van der Waals surface area contributed by atoms with Crippen molar-refractivity contribution in [3.8, 4) is 0 Å². The summed E-state index contributed by atoms with van der Waals surface area (Å²) in [5.74, 6) is 2.67. The van der Waals surface area contributed by atoms with Crippen LogP contribution in [0, 0.1) is 0 Å². The van der Waals surface area contributed by atoms with Crippen molar-refractivity contribution < 1.29 is 0 Å². The number of unbranched alkanes of at least 4 members (excludes halogenated alkanes) is 8. The lowest BCUT2D eigenvalue weighted by Gasteiger charge is -2.01. The molecule has 0 spiro atoms. The zero-order chi connectivity index (χ0) is 10.5. The molecule has 0 aliphatic heterocycles. The van der Waals surface area contributed by atoms with E-state index >= 15 is 0 Å².